The van der Waals surface area contributed by atoms with E-state index in [4.69, 9.17) is 9.41 Å². The topological polar surface area (TPSA) is 49.6 Å². The van der Waals surface area contributed by atoms with Crippen LogP contribution in [-0.2, 0) is 0 Å². The fourth-order valence-electron chi connectivity index (χ4n) is 9.96. The molecule has 2 N–H and O–H groups in total. The molecule has 2 unspecified atom stereocenters. The maximum absolute atomic E-state index is 6.56. The smallest absolute Gasteiger partial charge is 0.136 e. The van der Waals surface area contributed by atoms with Crippen LogP contribution in [0.4, 0.5) is 0 Å². The molecule has 4 nitrogen and oxygen atoms in total. The van der Waals surface area contributed by atoms with Crippen molar-refractivity contribution in [3.05, 3.63) is 229 Å². The van der Waals surface area contributed by atoms with Gasteiger partial charge < -0.3 is 9.73 Å². The van der Waals surface area contributed by atoms with Gasteiger partial charge in [-0.05, 0) is 124 Å². The van der Waals surface area contributed by atoms with Crippen molar-refractivity contribution in [2.24, 2.45) is 4.99 Å². The highest BCUT2D eigenvalue weighted by Crippen LogP contribution is 2.40. The van der Waals surface area contributed by atoms with Crippen molar-refractivity contribution in [2.75, 3.05) is 0 Å². The summed E-state index contributed by atoms with van der Waals surface area (Å²) in [6.07, 6.45) is -0.509. The molecule has 0 saturated heterocycles. The molecule has 0 spiro atoms. The van der Waals surface area contributed by atoms with Gasteiger partial charge >= 0.3 is 0 Å². The van der Waals surface area contributed by atoms with E-state index >= 15 is 0 Å². The van der Waals surface area contributed by atoms with Crippen molar-refractivity contribution < 1.29 is 4.42 Å². The molecular weight excluding hydrogens is 767 g/mol. The second-order valence-corrected chi connectivity index (χ2v) is 16.8. The van der Waals surface area contributed by atoms with Gasteiger partial charge in [0, 0.05) is 16.3 Å². The number of furan rings is 1. The van der Waals surface area contributed by atoms with Crippen LogP contribution in [-0.4, -0.2) is 5.84 Å². The molecule has 0 saturated carbocycles. The standard InChI is InChI=1S/C59H39N3O/c1-2-12-40-32-41(26-20-36(40)10-1)42-28-31-52-55(35-42)63-54-19-9-18-49(56(52)54)38-21-24-39(25-22-38)57-60-58(45-29-30-48-44(33-45)27-23-37-11-3-5-14-46(37)48)62-59(61-57)53-34-43-13-4-6-15-47(43)50-16-7-8-17-51(50)53/h1-35,57-58,60H,(H,61,62). The lowest BCUT2D eigenvalue weighted by atomic mass is 9.95. The van der Waals surface area contributed by atoms with Crippen LogP contribution in [0.25, 0.3) is 98.1 Å². The summed E-state index contributed by atoms with van der Waals surface area (Å²) in [4.78, 5) is 5.47. The molecule has 2 atom stereocenters. The molecule has 0 fully saturated rings. The summed E-state index contributed by atoms with van der Waals surface area (Å²) in [5, 5.41) is 22.2. The van der Waals surface area contributed by atoms with Gasteiger partial charge in [0.1, 0.15) is 29.3 Å². The van der Waals surface area contributed by atoms with Crippen LogP contribution in [0.15, 0.2) is 222 Å². The molecule has 4 heteroatoms. The number of amidine groups is 1. The Kier molecular flexibility index (Phi) is 8.08. The molecular formula is C59H39N3O. The van der Waals surface area contributed by atoms with Crippen molar-refractivity contribution in [1.29, 1.82) is 0 Å². The van der Waals surface area contributed by atoms with Crippen LogP contribution in [0.2, 0.25) is 0 Å². The molecule has 13 rings (SSSR count). The van der Waals surface area contributed by atoms with Crippen LogP contribution >= 0.6 is 0 Å². The van der Waals surface area contributed by atoms with Gasteiger partial charge in [-0.15, -0.1) is 0 Å². The first-order chi connectivity index (χ1) is 31.2. The Balaban J connectivity index is 0.889. The maximum atomic E-state index is 6.56. The first-order valence-electron chi connectivity index (χ1n) is 21.7. The van der Waals surface area contributed by atoms with Crippen molar-refractivity contribution in [2.45, 2.75) is 12.3 Å². The van der Waals surface area contributed by atoms with Crippen molar-refractivity contribution in [3.8, 4) is 22.3 Å². The molecule has 296 valence electrons. The number of hydrogen-bond donors (Lipinski definition) is 2. The molecule has 1 aromatic heterocycles. The third-order valence-electron chi connectivity index (χ3n) is 13.1. The summed E-state index contributed by atoms with van der Waals surface area (Å²) in [5.41, 5.74) is 9.69. The minimum atomic E-state index is -0.294. The van der Waals surface area contributed by atoms with E-state index in [2.05, 4.69) is 223 Å². The zero-order valence-corrected chi connectivity index (χ0v) is 34.2. The largest absolute Gasteiger partial charge is 0.456 e. The Morgan fingerprint density at radius 3 is 1.83 bits per heavy atom. The summed E-state index contributed by atoms with van der Waals surface area (Å²) in [5.74, 6) is 0.867. The number of fused-ring (bicyclic) bond motifs is 10. The first-order valence-corrected chi connectivity index (χ1v) is 21.7. The van der Waals surface area contributed by atoms with E-state index in [0.717, 1.165) is 61.2 Å². The Labute approximate surface area is 363 Å². The van der Waals surface area contributed by atoms with Gasteiger partial charge in [-0.25, -0.2) is 4.99 Å². The molecule has 0 radical (unpaired) electrons. The van der Waals surface area contributed by atoms with Crippen molar-refractivity contribution in [3.63, 3.8) is 0 Å². The molecule has 63 heavy (non-hydrogen) atoms. The molecule has 0 aliphatic carbocycles. The average molecular weight is 806 g/mol. The lowest BCUT2D eigenvalue weighted by Gasteiger charge is -2.33. The highest BCUT2D eigenvalue weighted by Gasteiger charge is 2.27. The number of aliphatic imine (C=N–C) groups is 1. The van der Waals surface area contributed by atoms with Crippen molar-refractivity contribution in [1.82, 2.24) is 10.6 Å². The Morgan fingerprint density at radius 1 is 0.365 bits per heavy atom. The van der Waals surface area contributed by atoms with E-state index in [0.29, 0.717) is 0 Å². The molecule has 1 aliphatic heterocycles. The molecule has 0 bridgehead atoms. The predicted molar refractivity (Wildman–Crippen MR) is 263 cm³/mol. The Morgan fingerprint density at radius 2 is 0.968 bits per heavy atom. The molecule has 1 aliphatic rings. The van der Waals surface area contributed by atoms with E-state index in [-0.39, 0.29) is 12.3 Å². The summed E-state index contributed by atoms with van der Waals surface area (Å²) >= 11 is 0. The number of nitrogens with one attached hydrogen (secondary N) is 2. The number of nitrogens with zero attached hydrogens (tertiary/aromatic N) is 1. The highest BCUT2D eigenvalue weighted by molar-refractivity contribution is 6.19. The van der Waals surface area contributed by atoms with Gasteiger partial charge in [-0.3, -0.25) is 5.32 Å². The van der Waals surface area contributed by atoms with Crippen LogP contribution < -0.4 is 10.6 Å². The molecule has 11 aromatic carbocycles. The number of benzene rings is 11. The van der Waals surface area contributed by atoms with Gasteiger partial charge in [0.2, 0.25) is 0 Å². The normalized spacial score (nSPS) is 15.5. The number of hydrogen-bond acceptors (Lipinski definition) is 4. The number of rotatable bonds is 5. The van der Waals surface area contributed by atoms with E-state index in [9.17, 15) is 0 Å². The third kappa shape index (κ3) is 5.99. The van der Waals surface area contributed by atoms with E-state index in [1.54, 1.807) is 0 Å². The van der Waals surface area contributed by atoms with Crippen LogP contribution in [0.3, 0.4) is 0 Å². The second kappa shape index (κ2) is 14.3. The van der Waals surface area contributed by atoms with Crippen LogP contribution in [0.5, 0.6) is 0 Å². The fraction of sp³-hybridized carbons (Fsp3) is 0.0339. The van der Waals surface area contributed by atoms with E-state index in [1.807, 2.05) is 0 Å². The Bertz CT molecular complexity index is 3820. The van der Waals surface area contributed by atoms with Gasteiger partial charge in [0.15, 0.2) is 0 Å². The van der Waals surface area contributed by atoms with Gasteiger partial charge in [-0.1, -0.05) is 176 Å². The maximum Gasteiger partial charge on any atom is 0.136 e. The second-order valence-electron chi connectivity index (χ2n) is 16.8. The molecule has 2 heterocycles. The summed E-state index contributed by atoms with van der Waals surface area (Å²) in [7, 11) is 0. The quantitative estimate of drug-likeness (QED) is 0.170. The lowest BCUT2D eigenvalue weighted by molar-refractivity contribution is 0.409. The van der Waals surface area contributed by atoms with Crippen LogP contribution in [0.1, 0.15) is 29.0 Å². The van der Waals surface area contributed by atoms with Gasteiger partial charge in [0.05, 0.1) is 0 Å². The zero-order chi connectivity index (χ0) is 41.4. The van der Waals surface area contributed by atoms with E-state index in [1.165, 1.54) is 59.4 Å². The molecule has 12 aromatic rings. The first kappa shape index (κ1) is 35.7. The third-order valence-corrected chi connectivity index (χ3v) is 13.1. The SMILES string of the molecule is c1ccc2cc(-c3ccc4c(c3)oc3cccc(-c5ccc(C6NC(c7cc8ccccc8c8ccccc78)=NC(c7ccc8c(ccc9ccccc98)c7)N6)cc5)c34)ccc2c1. The minimum absolute atomic E-state index is 0.215. The zero-order valence-electron chi connectivity index (χ0n) is 34.2. The minimum Gasteiger partial charge on any atom is -0.456 e. The summed E-state index contributed by atoms with van der Waals surface area (Å²) < 4.78 is 6.56. The fourth-order valence-corrected chi connectivity index (χ4v) is 9.96. The van der Waals surface area contributed by atoms with Gasteiger partial charge in [0.25, 0.3) is 0 Å². The lowest BCUT2D eigenvalue weighted by Crippen LogP contribution is -2.45. The van der Waals surface area contributed by atoms with Crippen LogP contribution in [0, 0.1) is 0 Å². The van der Waals surface area contributed by atoms with Crippen molar-refractivity contribution >= 4 is 81.6 Å². The summed E-state index contributed by atoms with van der Waals surface area (Å²) in [6.45, 7) is 0. The predicted octanol–water partition coefficient (Wildman–Crippen LogP) is 15.0. The monoisotopic (exact) mass is 805 g/mol. The summed E-state index contributed by atoms with van der Waals surface area (Å²) in [6, 6.07) is 76.5. The average Bonchev–Trinajstić information content (AvgIpc) is 3.74. The highest BCUT2D eigenvalue weighted by atomic mass is 16.3. The van der Waals surface area contributed by atoms with E-state index < -0.39 is 0 Å². The Hall–Kier alpha value is -8.05. The molecule has 0 amide bonds. The van der Waals surface area contributed by atoms with Gasteiger partial charge in [-0.2, -0.15) is 0 Å².